The van der Waals surface area contributed by atoms with Gasteiger partial charge in [-0.25, -0.2) is 15.0 Å². The molecule has 0 spiro atoms. The summed E-state index contributed by atoms with van der Waals surface area (Å²) in [5.41, 5.74) is 9.60. The van der Waals surface area contributed by atoms with Gasteiger partial charge in [0.05, 0.1) is 10.8 Å². The average molecular weight is 495 g/mol. The molecule has 0 fully saturated rings. The molecule has 0 radical (unpaired) electrons. The Morgan fingerprint density at radius 3 is 2.29 bits per heavy atom. The number of hydrogen-bond acceptors (Lipinski definition) is 7. The van der Waals surface area contributed by atoms with E-state index < -0.39 is 16.8 Å². The van der Waals surface area contributed by atoms with Crippen molar-refractivity contribution in [2.24, 2.45) is 10.4 Å². The summed E-state index contributed by atoms with van der Waals surface area (Å²) in [6.45, 7) is 20.5. The van der Waals surface area contributed by atoms with Crippen LogP contribution in [0.25, 0.3) is 5.70 Å². The predicted molar refractivity (Wildman–Crippen MR) is 145 cm³/mol. The molecule has 1 atom stereocenters. The quantitative estimate of drug-likeness (QED) is 0.295. The van der Waals surface area contributed by atoms with Gasteiger partial charge in [-0.1, -0.05) is 36.5 Å². The summed E-state index contributed by atoms with van der Waals surface area (Å²) in [7, 11) is 0. The number of aldehydes is 1. The number of allylic oxidation sites excluding steroid dienone is 6. The van der Waals surface area contributed by atoms with Gasteiger partial charge < -0.3 is 15.6 Å². The number of aromatic nitrogens is 2. The zero-order valence-corrected chi connectivity index (χ0v) is 22.3. The number of carboxylic acids is 1. The first kappa shape index (κ1) is 28.0. The third kappa shape index (κ3) is 6.06. The molecule has 35 heavy (non-hydrogen) atoms. The lowest BCUT2D eigenvalue weighted by Crippen LogP contribution is -2.29. The largest absolute Gasteiger partial charge is 0.481 e. The fourth-order valence-corrected chi connectivity index (χ4v) is 4.54. The standard InChI is InChI=1S/C27H34N4O3S/c1-15(2)10-11-20-17(4)29-22(20)24-30-18(5)21(23(28)31-24)27(9,14-32)19(6)35-13-16(3)12-26(7,8)25(33)34/h10-11,13-14H,1,6,12H2,2-5,7-9H3,(H,33,34)(H2,28,30,31)/b11-10-,16-13+/t27-/m0/s1. The summed E-state index contributed by atoms with van der Waals surface area (Å²) >= 11 is 1.28. The van der Waals surface area contributed by atoms with E-state index in [-0.39, 0.29) is 5.82 Å². The minimum absolute atomic E-state index is 0.187. The second-order valence-corrected chi connectivity index (χ2v) is 10.7. The first-order chi connectivity index (χ1) is 16.1. The number of carboxylic acid groups (broad SMARTS) is 1. The second kappa shape index (κ2) is 10.6. The number of anilines is 1. The molecule has 1 aromatic heterocycles. The maximum absolute atomic E-state index is 12.3. The van der Waals surface area contributed by atoms with Crippen LogP contribution in [0, 0.1) is 12.3 Å². The van der Waals surface area contributed by atoms with E-state index in [1.165, 1.54) is 11.8 Å². The lowest BCUT2D eigenvalue weighted by molar-refractivity contribution is -0.146. The molecule has 2 heterocycles. The highest BCUT2D eigenvalue weighted by molar-refractivity contribution is 8.05. The molecule has 0 bridgehead atoms. The number of carbonyl (C=O) groups is 2. The number of aliphatic carboxylic acids is 1. The van der Waals surface area contributed by atoms with E-state index >= 15 is 0 Å². The summed E-state index contributed by atoms with van der Waals surface area (Å²) in [4.78, 5) is 37.9. The highest BCUT2D eigenvalue weighted by Gasteiger charge is 2.36. The Kier molecular flexibility index (Phi) is 8.44. The summed E-state index contributed by atoms with van der Waals surface area (Å²) in [6, 6.07) is 0. The van der Waals surface area contributed by atoms with Gasteiger partial charge in [-0.15, -0.1) is 11.8 Å². The van der Waals surface area contributed by atoms with Crippen molar-refractivity contribution < 1.29 is 14.7 Å². The van der Waals surface area contributed by atoms with Gasteiger partial charge in [-0.2, -0.15) is 0 Å². The summed E-state index contributed by atoms with van der Waals surface area (Å²) in [5, 5.41) is 11.2. The number of hydrogen-bond donors (Lipinski definition) is 2. The maximum atomic E-state index is 12.3. The van der Waals surface area contributed by atoms with E-state index in [9.17, 15) is 14.7 Å². The van der Waals surface area contributed by atoms with Gasteiger partial charge in [-0.3, -0.25) is 4.79 Å². The Hall–Kier alpha value is -3.26. The van der Waals surface area contributed by atoms with Crippen LogP contribution in [-0.2, 0) is 15.0 Å². The number of aliphatic imine (C=N–C) groups is 1. The zero-order valence-electron chi connectivity index (χ0n) is 21.5. The monoisotopic (exact) mass is 494 g/mol. The Morgan fingerprint density at radius 1 is 1.17 bits per heavy atom. The minimum atomic E-state index is -1.15. The van der Waals surface area contributed by atoms with Crippen molar-refractivity contribution >= 4 is 41.2 Å². The number of aryl methyl sites for hydroxylation is 1. The average Bonchev–Trinajstić information content (AvgIpc) is 2.74. The van der Waals surface area contributed by atoms with Gasteiger partial charge in [0.15, 0.2) is 5.82 Å². The number of nitrogen functional groups attached to an aromatic ring is 1. The molecule has 0 aromatic carbocycles. The fraction of sp³-hybridized carbons (Fsp3) is 0.370. The molecule has 2 rings (SSSR count). The summed E-state index contributed by atoms with van der Waals surface area (Å²) < 4.78 is 0. The molecule has 0 aliphatic carbocycles. The Labute approximate surface area is 211 Å². The number of thioether (sulfide) groups is 1. The number of carbonyl (C=O) groups excluding carboxylic acids is 1. The molecule has 0 amide bonds. The van der Waals surface area contributed by atoms with Gasteiger partial charge in [-0.05, 0) is 65.2 Å². The van der Waals surface area contributed by atoms with E-state index in [4.69, 9.17) is 5.73 Å². The van der Waals surface area contributed by atoms with E-state index in [0.717, 1.165) is 28.7 Å². The molecule has 1 aliphatic heterocycles. The highest BCUT2D eigenvalue weighted by atomic mass is 32.2. The van der Waals surface area contributed by atoms with Crippen LogP contribution in [0.5, 0.6) is 0 Å². The smallest absolute Gasteiger partial charge is 0.309 e. The number of nitrogens with two attached hydrogens (primary N) is 1. The van der Waals surface area contributed by atoms with Crippen molar-refractivity contribution in [3.63, 3.8) is 0 Å². The SMILES string of the molecule is C=C(C)/C=C\C1=C(c2nc(C)c([C@@](C)(C=O)C(=C)S/C=C(\C)CC(C)(C)C(=O)O)c(N)n2)N=C1C. The lowest BCUT2D eigenvalue weighted by Gasteiger charge is -2.28. The van der Waals surface area contributed by atoms with E-state index in [2.05, 4.69) is 28.1 Å². The van der Waals surface area contributed by atoms with Crippen LogP contribution in [0.4, 0.5) is 5.82 Å². The van der Waals surface area contributed by atoms with E-state index in [0.29, 0.717) is 34.1 Å². The molecule has 8 heteroatoms. The van der Waals surface area contributed by atoms with Crippen molar-refractivity contribution in [1.82, 2.24) is 9.97 Å². The molecule has 186 valence electrons. The van der Waals surface area contributed by atoms with Gasteiger partial charge in [0.25, 0.3) is 0 Å². The third-order valence-electron chi connectivity index (χ3n) is 5.83. The summed E-state index contributed by atoms with van der Waals surface area (Å²) in [6.07, 6.45) is 4.99. The molecular formula is C27H34N4O3S. The van der Waals surface area contributed by atoms with Crippen LogP contribution in [0.2, 0.25) is 0 Å². The van der Waals surface area contributed by atoms with Crippen LogP contribution in [-0.4, -0.2) is 33.0 Å². The minimum Gasteiger partial charge on any atom is -0.481 e. The fourth-order valence-electron chi connectivity index (χ4n) is 3.72. The van der Waals surface area contributed by atoms with Gasteiger partial charge in [0.2, 0.25) is 0 Å². The van der Waals surface area contributed by atoms with Gasteiger partial charge >= 0.3 is 5.97 Å². The van der Waals surface area contributed by atoms with Crippen molar-refractivity contribution in [2.75, 3.05) is 5.73 Å². The maximum Gasteiger partial charge on any atom is 0.309 e. The zero-order chi connectivity index (χ0) is 26.7. The first-order valence-electron chi connectivity index (χ1n) is 11.1. The van der Waals surface area contributed by atoms with Crippen LogP contribution in [0.15, 0.2) is 57.3 Å². The molecule has 1 aliphatic rings. The molecule has 3 N–H and O–H groups in total. The van der Waals surface area contributed by atoms with E-state index in [1.54, 1.807) is 27.7 Å². The van der Waals surface area contributed by atoms with Crippen molar-refractivity contribution in [3.05, 3.63) is 69.4 Å². The normalized spacial score (nSPS) is 16.0. The first-order valence-corrected chi connectivity index (χ1v) is 12.0. The van der Waals surface area contributed by atoms with Crippen LogP contribution >= 0.6 is 11.8 Å². The third-order valence-corrected chi connectivity index (χ3v) is 7.05. The number of rotatable bonds is 11. The topological polar surface area (TPSA) is 119 Å². The Morgan fingerprint density at radius 2 is 1.80 bits per heavy atom. The van der Waals surface area contributed by atoms with Crippen LogP contribution in [0.1, 0.15) is 65.0 Å². The van der Waals surface area contributed by atoms with Crippen molar-refractivity contribution in [3.8, 4) is 0 Å². The van der Waals surface area contributed by atoms with Crippen molar-refractivity contribution in [1.29, 1.82) is 0 Å². The molecule has 0 saturated carbocycles. The van der Waals surface area contributed by atoms with Crippen LogP contribution < -0.4 is 5.73 Å². The highest BCUT2D eigenvalue weighted by Crippen LogP contribution is 2.41. The van der Waals surface area contributed by atoms with E-state index in [1.807, 2.05) is 38.3 Å². The molecule has 7 nitrogen and oxygen atoms in total. The van der Waals surface area contributed by atoms with Crippen molar-refractivity contribution in [2.45, 2.75) is 60.3 Å². The summed E-state index contributed by atoms with van der Waals surface area (Å²) in [5.74, 6) is -0.284. The lowest BCUT2D eigenvalue weighted by atomic mass is 9.83. The molecule has 1 aromatic rings. The van der Waals surface area contributed by atoms with Crippen LogP contribution in [0.3, 0.4) is 0 Å². The van der Waals surface area contributed by atoms with Gasteiger partial charge in [0, 0.05) is 22.5 Å². The Balaban J connectivity index is 2.39. The predicted octanol–water partition coefficient (Wildman–Crippen LogP) is 5.79. The molecular weight excluding hydrogens is 460 g/mol. The van der Waals surface area contributed by atoms with Gasteiger partial charge in [0.1, 0.15) is 17.8 Å². The second-order valence-electron chi connectivity index (χ2n) is 9.72. The molecule has 0 saturated heterocycles. The number of nitrogens with zero attached hydrogens (tertiary/aromatic N) is 3. The Bertz CT molecular complexity index is 1200. The molecule has 0 unspecified atom stereocenters.